The maximum Gasteiger partial charge on any atom is 0.333 e. The van der Waals surface area contributed by atoms with Crippen molar-refractivity contribution in [3.8, 4) is 0 Å². The van der Waals surface area contributed by atoms with Gasteiger partial charge in [0.2, 0.25) is 0 Å². The first-order chi connectivity index (χ1) is 14.4. The van der Waals surface area contributed by atoms with Crippen LogP contribution in [0.15, 0.2) is 67.3 Å². The molecule has 0 bridgehead atoms. The fourth-order valence-electron chi connectivity index (χ4n) is 3.24. The maximum atomic E-state index is 14.8. The van der Waals surface area contributed by atoms with E-state index in [1.54, 1.807) is 13.0 Å². The van der Waals surface area contributed by atoms with E-state index in [0.717, 1.165) is 33.4 Å². The molecule has 5 heteroatoms. The Hall–Kier alpha value is -3.47. The average Bonchev–Trinajstić information content (AvgIpc) is 2.73. The highest BCUT2D eigenvalue weighted by molar-refractivity contribution is 6.08. The third kappa shape index (κ3) is 4.92. The minimum absolute atomic E-state index is 0.213. The van der Waals surface area contributed by atoms with Crippen LogP contribution in [0.5, 0.6) is 0 Å². The van der Waals surface area contributed by atoms with Crippen LogP contribution in [-0.4, -0.2) is 25.2 Å². The summed E-state index contributed by atoms with van der Waals surface area (Å²) >= 11 is 0. The van der Waals surface area contributed by atoms with Gasteiger partial charge in [-0.25, -0.2) is 14.0 Å². The van der Waals surface area contributed by atoms with Crippen molar-refractivity contribution in [2.75, 3.05) is 13.2 Å². The smallest absolute Gasteiger partial charge is 0.333 e. The quantitative estimate of drug-likeness (QED) is 0.298. The van der Waals surface area contributed by atoms with Crippen LogP contribution in [0.1, 0.15) is 18.1 Å². The van der Waals surface area contributed by atoms with Crippen LogP contribution in [0.25, 0.3) is 21.5 Å². The van der Waals surface area contributed by atoms with Gasteiger partial charge in [0.05, 0.1) is 13.2 Å². The third-order valence-corrected chi connectivity index (χ3v) is 4.80. The fourth-order valence-corrected chi connectivity index (χ4v) is 3.24. The topological polar surface area (TPSA) is 52.6 Å². The van der Waals surface area contributed by atoms with Crippen LogP contribution in [0.3, 0.4) is 0 Å². The van der Waals surface area contributed by atoms with E-state index in [9.17, 15) is 14.0 Å². The Morgan fingerprint density at radius 2 is 1.57 bits per heavy atom. The van der Waals surface area contributed by atoms with Gasteiger partial charge in [0.15, 0.2) is 0 Å². The molecule has 0 saturated carbocycles. The molecule has 3 aromatic carbocycles. The first-order valence-corrected chi connectivity index (χ1v) is 9.64. The lowest BCUT2D eigenvalue weighted by Gasteiger charge is -2.10. The van der Waals surface area contributed by atoms with E-state index >= 15 is 0 Å². The minimum atomic E-state index is -0.474. The molecule has 0 fully saturated rings. The molecule has 0 aromatic heterocycles. The molecule has 0 saturated heterocycles. The van der Waals surface area contributed by atoms with Gasteiger partial charge >= 0.3 is 11.9 Å². The zero-order valence-electron chi connectivity index (χ0n) is 16.9. The van der Waals surface area contributed by atoms with Crippen molar-refractivity contribution in [1.82, 2.24) is 0 Å². The molecule has 30 heavy (non-hydrogen) atoms. The number of hydrogen-bond donors (Lipinski definition) is 0. The van der Waals surface area contributed by atoms with Crippen LogP contribution in [-0.2, 0) is 31.9 Å². The second-order valence-corrected chi connectivity index (χ2v) is 7.08. The molecule has 0 aliphatic heterocycles. The highest BCUT2D eigenvalue weighted by Crippen LogP contribution is 2.30. The number of hydrogen-bond acceptors (Lipinski definition) is 4. The molecule has 0 spiro atoms. The normalized spacial score (nSPS) is 10.7. The summed E-state index contributed by atoms with van der Waals surface area (Å²) in [6.45, 7) is 8.97. The van der Waals surface area contributed by atoms with Crippen molar-refractivity contribution in [3.63, 3.8) is 0 Å². The Bertz CT molecular complexity index is 1150. The van der Waals surface area contributed by atoms with Crippen LogP contribution in [0.4, 0.5) is 4.39 Å². The molecule has 0 radical (unpaired) electrons. The van der Waals surface area contributed by atoms with Crippen LogP contribution >= 0.6 is 0 Å². The number of halogens is 1. The number of fused-ring (bicyclic) bond motifs is 3. The summed E-state index contributed by atoms with van der Waals surface area (Å²) in [5, 5.41) is 3.07. The highest BCUT2D eigenvalue weighted by atomic mass is 19.1. The second kappa shape index (κ2) is 9.35. The summed E-state index contributed by atoms with van der Waals surface area (Å²) in [5.74, 6) is -1.20. The van der Waals surface area contributed by atoms with E-state index in [1.165, 1.54) is 6.07 Å². The fraction of sp³-hybridized carbons (Fsp3) is 0.200. The van der Waals surface area contributed by atoms with Gasteiger partial charge in [0.1, 0.15) is 5.82 Å². The highest BCUT2D eigenvalue weighted by Gasteiger charge is 2.10. The van der Waals surface area contributed by atoms with Crippen LogP contribution in [0, 0.1) is 5.82 Å². The molecule has 3 rings (SSSR count). The minimum Gasteiger partial charge on any atom is -0.462 e. The molecular weight excluding hydrogens is 383 g/mol. The molecule has 0 heterocycles. The van der Waals surface area contributed by atoms with Gasteiger partial charge in [0.25, 0.3) is 0 Å². The second-order valence-electron chi connectivity index (χ2n) is 7.08. The van der Waals surface area contributed by atoms with Gasteiger partial charge < -0.3 is 9.47 Å². The van der Waals surface area contributed by atoms with Gasteiger partial charge in [-0.3, -0.25) is 0 Å². The molecule has 3 aromatic rings. The first kappa shape index (κ1) is 21.2. The van der Waals surface area contributed by atoms with Crippen molar-refractivity contribution in [2.45, 2.75) is 19.8 Å². The molecule has 4 nitrogen and oxygen atoms in total. The van der Waals surface area contributed by atoms with Crippen LogP contribution in [0.2, 0.25) is 0 Å². The Morgan fingerprint density at radius 1 is 0.933 bits per heavy atom. The predicted octanol–water partition coefficient (Wildman–Crippen LogP) is 5.07. The summed E-state index contributed by atoms with van der Waals surface area (Å²) in [6.07, 6.45) is 2.15. The van der Waals surface area contributed by atoms with E-state index in [2.05, 4.69) is 13.2 Å². The summed E-state index contributed by atoms with van der Waals surface area (Å²) < 4.78 is 24.9. The monoisotopic (exact) mass is 406 g/mol. The third-order valence-electron chi connectivity index (χ3n) is 4.80. The van der Waals surface area contributed by atoms with Gasteiger partial charge in [-0.05, 0) is 46.3 Å². The van der Waals surface area contributed by atoms with Crippen molar-refractivity contribution >= 4 is 33.5 Å². The van der Waals surface area contributed by atoms with E-state index in [4.69, 9.17) is 9.47 Å². The summed E-state index contributed by atoms with van der Waals surface area (Å²) in [4.78, 5) is 22.6. The van der Waals surface area contributed by atoms with Crippen molar-refractivity contribution in [3.05, 3.63) is 84.2 Å². The largest absolute Gasteiger partial charge is 0.462 e. The predicted molar refractivity (Wildman–Crippen MR) is 116 cm³/mol. The van der Waals surface area contributed by atoms with E-state index in [0.29, 0.717) is 23.8 Å². The average molecular weight is 406 g/mol. The number of esters is 2. The van der Waals surface area contributed by atoms with Crippen molar-refractivity contribution < 1.29 is 23.5 Å². The van der Waals surface area contributed by atoms with Gasteiger partial charge in [0, 0.05) is 29.9 Å². The number of carbonyl (C=O) groups is 2. The maximum absolute atomic E-state index is 14.8. The van der Waals surface area contributed by atoms with Crippen LogP contribution < -0.4 is 0 Å². The number of benzene rings is 3. The van der Waals surface area contributed by atoms with Crippen molar-refractivity contribution in [2.24, 2.45) is 0 Å². The lowest BCUT2D eigenvalue weighted by molar-refractivity contribution is -0.139. The number of carbonyl (C=O) groups excluding carboxylic acids is 2. The first-order valence-electron chi connectivity index (χ1n) is 9.64. The summed E-state index contributed by atoms with van der Waals surface area (Å²) in [5.41, 5.74) is 2.20. The Morgan fingerprint density at radius 3 is 2.23 bits per heavy atom. The van der Waals surface area contributed by atoms with Gasteiger partial charge in [-0.2, -0.15) is 0 Å². The molecule has 0 N–H and O–H groups in total. The molecule has 0 atom stereocenters. The van der Waals surface area contributed by atoms with E-state index in [-0.39, 0.29) is 19.0 Å². The van der Waals surface area contributed by atoms with E-state index in [1.807, 2.05) is 30.3 Å². The Balaban J connectivity index is 1.80. The lowest BCUT2D eigenvalue weighted by Crippen LogP contribution is -2.08. The standard InChI is InChI=1S/C25H23FO4/c1-4-24(27)29-11-9-18-6-8-21-20-7-5-17(10-12-30-25(28)16(2)3)13-19(20)15-23(26)22(21)14-18/h4-8,13-15H,1-2,9-12H2,3H3. The zero-order chi connectivity index (χ0) is 21.7. The molecular formula is C25H23FO4. The lowest BCUT2D eigenvalue weighted by atomic mass is 9.97. The van der Waals surface area contributed by atoms with Gasteiger partial charge in [-0.15, -0.1) is 0 Å². The number of rotatable bonds is 8. The molecule has 0 aliphatic rings. The molecule has 154 valence electrons. The Labute approximate surface area is 174 Å². The van der Waals surface area contributed by atoms with E-state index < -0.39 is 11.9 Å². The molecule has 0 unspecified atom stereocenters. The van der Waals surface area contributed by atoms with Crippen molar-refractivity contribution in [1.29, 1.82) is 0 Å². The summed E-state index contributed by atoms with van der Waals surface area (Å²) in [6, 6.07) is 12.9. The molecule has 0 aliphatic carbocycles. The zero-order valence-corrected chi connectivity index (χ0v) is 16.9. The summed E-state index contributed by atoms with van der Waals surface area (Å²) in [7, 11) is 0. The number of ether oxygens (including phenoxy) is 2. The molecule has 0 amide bonds. The SMILES string of the molecule is C=CC(=O)OCCc1ccc2c(c1)c(F)cc1cc(CCOC(=O)C(=C)C)ccc12. The Kier molecular flexibility index (Phi) is 6.62. The van der Waals surface area contributed by atoms with Gasteiger partial charge in [-0.1, -0.05) is 43.5 Å².